The molecule has 0 saturated carbocycles. The van der Waals surface area contributed by atoms with E-state index in [4.69, 9.17) is 9.72 Å². The van der Waals surface area contributed by atoms with Crippen molar-refractivity contribution in [3.05, 3.63) is 40.4 Å². The summed E-state index contributed by atoms with van der Waals surface area (Å²) in [4.78, 5) is 22.4. The molecular weight excluding hydrogens is 426 g/mol. The van der Waals surface area contributed by atoms with Gasteiger partial charge in [-0.15, -0.1) is 11.3 Å². The number of aliphatic hydroxyl groups excluding tert-OH is 1. The van der Waals surface area contributed by atoms with Crippen molar-refractivity contribution in [1.29, 1.82) is 0 Å². The molecule has 1 aliphatic carbocycles. The Balaban J connectivity index is 2.01. The minimum atomic E-state index is -0.994. The second-order valence-electron chi connectivity index (χ2n) is 7.67. The molecule has 0 atom stereocenters. The van der Waals surface area contributed by atoms with E-state index in [9.17, 15) is 15.0 Å². The SMILES string of the molecule is CCC(=NCCO)Nc1c(C(=O)O)sc2nc3c(c(-c4ccc(OC)cc4)c12)CCCC3. The number of thiophene rings is 1. The Labute approximate surface area is 190 Å². The standard InChI is InChI=1S/C24H27N3O4S/c1-3-18(25-12-13-28)27-21-20-19(14-8-10-15(31-2)11-9-14)16-6-4-5-7-17(16)26-23(20)32-22(21)24(29)30/h8-11,28H,3-7,12-13H2,1-2H3,(H,25,27)(H,29,30). The molecule has 0 amide bonds. The third kappa shape index (κ3) is 4.20. The highest BCUT2D eigenvalue weighted by molar-refractivity contribution is 7.21. The lowest BCUT2D eigenvalue weighted by atomic mass is 9.87. The highest BCUT2D eigenvalue weighted by Crippen LogP contribution is 2.45. The van der Waals surface area contributed by atoms with Crippen LogP contribution in [-0.4, -0.2) is 47.3 Å². The Kier molecular flexibility index (Phi) is 6.72. The van der Waals surface area contributed by atoms with E-state index in [0.717, 1.165) is 53.6 Å². The number of carboxylic acids is 1. The van der Waals surface area contributed by atoms with E-state index >= 15 is 0 Å². The molecule has 0 fully saturated rings. The van der Waals surface area contributed by atoms with Crippen LogP contribution in [-0.2, 0) is 12.8 Å². The smallest absolute Gasteiger partial charge is 0.348 e. The summed E-state index contributed by atoms with van der Waals surface area (Å²) in [7, 11) is 1.64. The maximum absolute atomic E-state index is 12.2. The number of anilines is 1. The Morgan fingerprint density at radius 2 is 2.00 bits per heavy atom. The van der Waals surface area contributed by atoms with Crippen molar-refractivity contribution in [2.75, 3.05) is 25.6 Å². The molecule has 168 valence electrons. The third-order valence-corrected chi connectivity index (χ3v) is 6.77. The van der Waals surface area contributed by atoms with Gasteiger partial charge in [0.15, 0.2) is 0 Å². The fourth-order valence-corrected chi connectivity index (χ4v) is 5.20. The number of ether oxygens (including phenoxy) is 1. The predicted octanol–water partition coefficient (Wildman–Crippen LogP) is 4.76. The van der Waals surface area contributed by atoms with E-state index in [2.05, 4.69) is 10.3 Å². The minimum Gasteiger partial charge on any atom is -0.497 e. The van der Waals surface area contributed by atoms with Crippen LogP contribution in [0.25, 0.3) is 21.3 Å². The number of rotatable bonds is 7. The lowest BCUT2D eigenvalue weighted by Crippen LogP contribution is -2.14. The number of aryl methyl sites for hydroxylation is 1. The van der Waals surface area contributed by atoms with Crippen molar-refractivity contribution >= 4 is 39.0 Å². The number of hydrogen-bond acceptors (Lipinski definition) is 6. The van der Waals surface area contributed by atoms with Gasteiger partial charge in [-0.05, 0) is 54.5 Å². The first-order chi connectivity index (χ1) is 15.6. The molecule has 7 nitrogen and oxygen atoms in total. The molecule has 4 rings (SSSR count). The summed E-state index contributed by atoms with van der Waals surface area (Å²) in [6.07, 6.45) is 4.57. The van der Waals surface area contributed by atoms with Gasteiger partial charge in [-0.3, -0.25) is 4.99 Å². The van der Waals surface area contributed by atoms with Gasteiger partial charge in [-0.2, -0.15) is 0 Å². The van der Waals surface area contributed by atoms with E-state index in [-0.39, 0.29) is 18.0 Å². The number of methoxy groups -OCH3 is 1. The molecule has 0 bridgehead atoms. The second-order valence-corrected chi connectivity index (χ2v) is 8.67. The average molecular weight is 454 g/mol. The van der Waals surface area contributed by atoms with E-state index in [1.807, 2.05) is 31.2 Å². The Hall–Kier alpha value is -2.97. The topological polar surface area (TPSA) is 104 Å². The second kappa shape index (κ2) is 9.67. The van der Waals surface area contributed by atoms with Crippen molar-refractivity contribution in [1.82, 2.24) is 4.98 Å². The summed E-state index contributed by atoms with van der Waals surface area (Å²) < 4.78 is 5.33. The number of fused-ring (bicyclic) bond motifs is 2. The molecule has 1 aliphatic rings. The van der Waals surface area contributed by atoms with Crippen molar-refractivity contribution in [3.8, 4) is 16.9 Å². The number of carbonyl (C=O) groups is 1. The Morgan fingerprint density at radius 3 is 2.66 bits per heavy atom. The molecule has 0 spiro atoms. The first kappa shape index (κ1) is 22.2. The lowest BCUT2D eigenvalue weighted by Gasteiger charge is -2.21. The number of aromatic carboxylic acids is 1. The van der Waals surface area contributed by atoms with Gasteiger partial charge in [-0.25, -0.2) is 9.78 Å². The van der Waals surface area contributed by atoms with Gasteiger partial charge in [0.2, 0.25) is 0 Å². The summed E-state index contributed by atoms with van der Waals surface area (Å²) in [6.45, 7) is 2.15. The van der Waals surface area contributed by atoms with Crippen molar-refractivity contribution in [2.24, 2.45) is 4.99 Å². The molecule has 3 aromatic rings. The Morgan fingerprint density at radius 1 is 1.25 bits per heavy atom. The average Bonchev–Trinajstić information content (AvgIpc) is 3.18. The Bertz CT molecular complexity index is 1170. The molecule has 0 unspecified atom stereocenters. The molecule has 2 aromatic heterocycles. The highest BCUT2D eigenvalue weighted by Gasteiger charge is 2.27. The van der Waals surface area contributed by atoms with Gasteiger partial charge in [0.25, 0.3) is 0 Å². The van der Waals surface area contributed by atoms with Crippen LogP contribution in [0.15, 0.2) is 29.3 Å². The van der Waals surface area contributed by atoms with E-state index in [1.54, 1.807) is 7.11 Å². The molecule has 1 aromatic carbocycles. The first-order valence-electron chi connectivity index (χ1n) is 10.8. The number of aliphatic hydroxyl groups is 1. The molecule has 2 heterocycles. The number of pyridine rings is 1. The molecule has 3 N–H and O–H groups in total. The number of aliphatic imine (C=N–C) groups is 1. The molecule has 0 saturated heterocycles. The van der Waals surface area contributed by atoms with Crippen LogP contribution in [0.1, 0.15) is 47.1 Å². The quantitative estimate of drug-likeness (QED) is 0.352. The highest BCUT2D eigenvalue weighted by atomic mass is 32.1. The zero-order chi connectivity index (χ0) is 22.7. The number of amidine groups is 1. The molecule has 32 heavy (non-hydrogen) atoms. The van der Waals surface area contributed by atoms with Crippen LogP contribution >= 0.6 is 11.3 Å². The monoisotopic (exact) mass is 453 g/mol. The van der Waals surface area contributed by atoms with Gasteiger partial charge in [0.05, 0.1) is 25.9 Å². The normalized spacial score (nSPS) is 13.8. The van der Waals surface area contributed by atoms with Crippen LogP contribution in [0.5, 0.6) is 5.75 Å². The number of nitrogens with one attached hydrogen (secondary N) is 1. The molecular formula is C24H27N3O4S. The lowest BCUT2D eigenvalue weighted by molar-refractivity contribution is 0.0703. The van der Waals surface area contributed by atoms with E-state index in [1.165, 1.54) is 16.9 Å². The van der Waals surface area contributed by atoms with Gasteiger partial charge in [0, 0.05) is 17.5 Å². The van der Waals surface area contributed by atoms with Crippen LogP contribution in [0, 0.1) is 0 Å². The van der Waals surface area contributed by atoms with Crippen molar-refractivity contribution in [2.45, 2.75) is 39.0 Å². The summed E-state index contributed by atoms with van der Waals surface area (Å²) in [5.41, 5.74) is 4.83. The number of nitrogens with zero attached hydrogens (tertiary/aromatic N) is 2. The van der Waals surface area contributed by atoms with Crippen LogP contribution in [0.2, 0.25) is 0 Å². The zero-order valence-corrected chi connectivity index (χ0v) is 19.1. The van der Waals surface area contributed by atoms with Gasteiger partial charge in [-0.1, -0.05) is 19.1 Å². The predicted molar refractivity (Wildman–Crippen MR) is 129 cm³/mol. The van der Waals surface area contributed by atoms with Crippen LogP contribution in [0.3, 0.4) is 0 Å². The summed E-state index contributed by atoms with van der Waals surface area (Å²) >= 11 is 1.20. The third-order valence-electron chi connectivity index (χ3n) is 5.70. The van der Waals surface area contributed by atoms with Crippen molar-refractivity contribution in [3.63, 3.8) is 0 Å². The number of hydrogen-bond donors (Lipinski definition) is 3. The van der Waals surface area contributed by atoms with Gasteiger partial charge in [0.1, 0.15) is 21.3 Å². The maximum atomic E-state index is 12.2. The summed E-state index contributed by atoms with van der Waals surface area (Å²) in [6, 6.07) is 7.89. The van der Waals surface area contributed by atoms with Gasteiger partial charge < -0.3 is 20.3 Å². The fourth-order valence-electron chi connectivity index (χ4n) is 4.20. The number of aromatic nitrogens is 1. The molecule has 0 radical (unpaired) electrons. The minimum absolute atomic E-state index is 0.0620. The summed E-state index contributed by atoms with van der Waals surface area (Å²) in [5.74, 6) is 0.415. The largest absolute Gasteiger partial charge is 0.497 e. The van der Waals surface area contributed by atoms with E-state index < -0.39 is 5.97 Å². The fraction of sp³-hybridized carbons (Fsp3) is 0.375. The van der Waals surface area contributed by atoms with Crippen molar-refractivity contribution < 1.29 is 19.7 Å². The van der Waals surface area contributed by atoms with Crippen LogP contribution in [0.4, 0.5) is 5.69 Å². The molecule has 8 heteroatoms. The first-order valence-corrected chi connectivity index (χ1v) is 11.7. The van der Waals surface area contributed by atoms with Crippen LogP contribution < -0.4 is 10.1 Å². The van der Waals surface area contributed by atoms with E-state index in [0.29, 0.717) is 22.8 Å². The number of benzene rings is 1. The zero-order valence-electron chi connectivity index (χ0n) is 18.3. The number of carboxylic acid groups (broad SMARTS) is 1. The van der Waals surface area contributed by atoms with Gasteiger partial charge >= 0.3 is 5.97 Å². The summed E-state index contributed by atoms with van der Waals surface area (Å²) in [5, 5.41) is 23.2. The molecule has 0 aliphatic heterocycles. The maximum Gasteiger partial charge on any atom is 0.348 e.